The Balaban J connectivity index is 2.14. The maximum Gasteiger partial charge on any atom is 0.224 e. The van der Waals surface area contributed by atoms with Crippen LogP contribution < -0.4 is 16.0 Å². The van der Waals surface area contributed by atoms with Gasteiger partial charge in [0.05, 0.1) is 0 Å². The molecule has 0 radical (unpaired) electrons. The molecule has 0 saturated carbocycles. The molecule has 2 rings (SSSR count). The molecule has 0 fully saturated rings. The molecule has 0 unspecified atom stereocenters. The zero-order valence-corrected chi connectivity index (χ0v) is 11.3. The van der Waals surface area contributed by atoms with Crippen molar-refractivity contribution in [2.45, 2.75) is 32.2 Å². The third-order valence-corrected chi connectivity index (χ3v) is 3.10. The van der Waals surface area contributed by atoms with Crippen LogP contribution in [0.15, 0.2) is 18.2 Å². The first-order chi connectivity index (χ1) is 8.50. The minimum Gasteiger partial charge on any atom is -0.379 e. The van der Waals surface area contributed by atoms with E-state index < -0.39 is 0 Å². The molecule has 0 aromatic heterocycles. The highest BCUT2D eigenvalue weighted by atomic mass is 16.1. The first-order valence-electron chi connectivity index (χ1n) is 6.36. The fraction of sp³-hybridized carbons (Fsp3) is 0.500. The Morgan fingerprint density at radius 1 is 1.33 bits per heavy atom. The number of anilines is 2. The van der Waals surface area contributed by atoms with Gasteiger partial charge in [-0.2, -0.15) is 0 Å². The molecule has 18 heavy (non-hydrogen) atoms. The second kappa shape index (κ2) is 4.98. The Morgan fingerprint density at radius 3 is 2.83 bits per heavy atom. The normalized spacial score (nSPS) is 14.9. The fourth-order valence-electron chi connectivity index (χ4n) is 2.34. The molecule has 0 spiro atoms. The summed E-state index contributed by atoms with van der Waals surface area (Å²) in [6.07, 6.45) is 1.40. The van der Waals surface area contributed by atoms with Crippen LogP contribution >= 0.6 is 0 Å². The number of carbonyl (C=O) groups is 1. The minimum absolute atomic E-state index is 0.000894. The number of carbonyl (C=O) groups excluding carboxylic acids is 1. The maximum absolute atomic E-state index is 11.3. The van der Waals surface area contributed by atoms with E-state index in [1.807, 2.05) is 19.2 Å². The molecular formula is C14H21N3O. The summed E-state index contributed by atoms with van der Waals surface area (Å²) in [4.78, 5) is 11.3. The summed E-state index contributed by atoms with van der Waals surface area (Å²) in [6.45, 7) is 5.20. The number of likely N-dealkylation sites (N-methyl/N-ethyl adjacent to an activating group) is 1. The topological polar surface area (TPSA) is 53.2 Å². The van der Waals surface area contributed by atoms with Gasteiger partial charge in [-0.3, -0.25) is 4.79 Å². The van der Waals surface area contributed by atoms with Crippen molar-refractivity contribution in [2.24, 2.45) is 0 Å². The van der Waals surface area contributed by atoms with Gasteiger partial charge in [0.25, 0.3) is 0 Å². The third kappa shape index (κ3) is 3.01. The standard InChI is InChI=1S/C14H21N3O/c1-14(2,9-15-3)17-11-5-6-12-10(8-11)4-7-13(18)16-12/h5-6,8,15,17H,4,7,9H2,1-3H3,(H,16,18). The molecule has 1 aliphatic rings. The van der Waals surface area contributed by atoms with Crippen LogP contribution in [0.3, 0.4) is 0 Å². The molecule has 0 bridgehead atoms. The average molecular weight is 247 g/mol. The van der Waals surface area contributed by atoms with Crippen LogP contribution in [0.2, 0.25) is 0 Å². The van der Waals surface area contributed by atoms with Gasteiger partial charge >= 0.3 is 0 Å². The Bertz CT molecular complexity index is 454. The highest BCUT2D eigenvalue weighted by Crippen LogP contribution is 2.26. The highest BCUT2D eigenvalue weighted by molar-refractivity contribution is 5.94. The number of hydrogen-bond donors (Lipinski definition) is 3. The molecule has 0 atom stereocenters. The lowest BCUT2D eigenvalue weighted by molar-refractivity contribution is -0.116. The quantitative estimate of drug-likeness (QED) is 0.762. The van der Waals surface area contributed by atoms with Crippen molar-refractivity contribution >= 4 is 17.3 Å². The van der Waals surface area contributed by atoms with E-state index in [1.165, 1.54) is 5.56 Å². The Labute approximate surface area is 108 Å². The van der Waals surface area contributed by atoms with Gasteiger partial charge in [-0.15, -0.1) is 0 Å². The van der Waals surface area contributed by atoms with Gasteiger partial charge in [0.15, 0.2) is 0 Å². The first kappa shape index (κ1) is 12.9. The van der Waals surface area contributed by atoms with Crippen LogP contribution in [0.4, 0.5) is 11.4 Å². The third-order valence-electron chi connectivity index (χ3n) is 3.10. The molecule has 4 heteroatoms. The molecule has 98 valence electrons. The molecule has 4 nitrogen and oxygen atoms in total. The van der Waals surface area contributed by atoms with Gasteiger partial charge < -0.3 is 16.0 Å². The SMILES string of the molecule is CNCC(C)(C)Nc1ccc2c(c1)CCC(=O)N2. The van der Waals surface area contributed by atoms with Crippen LogP contribution in [0.1, 0.15) is 25.8 Å². The van der Waals surface area contributed by atoms with Gasteiger partial charge in [0.2, 0.25) is 5.91 Å². The van der Waals surface area contributed by atoms with Crippen molar-refractivity contribution in [2.75, 3.05) is 24.2 Å². The minimum atomic E-state index is 0.000894. The number of hydrogen-bond acceptors (Lipinski definition) is 3. The second-order valence-corrected chi connectivity index (χ2v) is 5.46. The Hall–Kier alpha value is -1.55. The molecule has 1 aromatic carbocycles. The summed E-state index contributed by atoms with van der Waals surface area (Å²) in [5.74, 6) is 0.110. The second-order valence-electron chi connectivity index (χ2n) is 5.46. The fourth-order valence-corrected chi connectivity index (χ4v) is 2.34. The van der Waals surface area contributed by atoms with Crippen molar-refractivity contribution in [3.63, 3.8) is 0 Å². The van der Waals surface area contributed by atoms with E-state index in [4.69, 9.17) is 0 Å². The van der Waals surface area contributed by atoms with E-state index in [1.54, 1.807) is 0 Å². The predicted octanol–water partition coefficient (Wildman–Crippen LogP) is 1.98. The van der Waals surface area contributed by atoms with Crippen LogP contribution in [-0.2, 0) is 11.2 Å². The highest BCUT2D eigenvalue weighted by Gasteiger charge is 2.18. The number of rotatable bonds is 4. The zero-order valence-electron chi connectivity index (χ0n) is 11.3. The number of amides is 1. The van der Waals surface area contributed by atoms with E-state index in [0.717, 1.165) is 24.3 Å². The number of aryl methyl sites for hydroxylation is 1. The van der Waals surface area contributed by atoms with Crippen molar-refractivity contribution in [1.29, 1.82) is 0 Å². The van der Waals surface area contributed by atoms with Crippen molar-refractivity contribution in [3.8, 4) is 0 Å². The van der Waals surface area contributed by atoms with Crippen molar-refractivity contribution in [1.82, 2.24) is 5.32 Å². The smallest absolute Gasteiger partial charge is 0.224 e. The van der Waals surface area contributed by atoms with Gasteiger partial charge in [0, 0.05) is 29.9 Å². The van der Waals surface area contributed by atoms with Crippen molar-refractivity contribution < 1.29 is 4.79 Å². The molecular weight excluding hydrogens is 226 g/mol. The molecule has 1 heterocycles. The van der Waals surface area contributed by atoms with Crippen LogP contribution in [0.25, 0.3) is 0 Å². The number of benzene rings is 1. The van der Waals surface area contributed by atoms with Crippen LogP contribution in [0.5, 0.6) is 0 Å². The van der Waals surface area contributed by atoms with Crippen LogP contribution in [0, 0.1) is 0 Å². The largest absolute Gasteiger partial charge is 0.379 e. The van der Waals surface area contributed by atoms with Gasteiger partial charge in [-0.25, -0.2) is 0 Å². The zero-order chi connectivity index (χ0) is 13.2. The van der Waals surface area contributed by atoms with E-state index >= 15 is 0 Å². The summed E-state index contributed by atoms with van der Waals surface area (Å²) >= 11 is 0. The van der Waals surface area contributed by atoms with E-state index in [9.17, 15) is 4.79 Å². The van der Waals surface area contributed by atoms with Gasteiger partial charge in [0.1, 0.15) is 0 Å². The summed E-state index contributed by atoms with van der Waals surface area (Å²) in [5.41, 5.74) is 3.26. The summed E-state index contributed by atoms with van der Waals surface area (Å²) in [5, 5.41) is 9.58. The monoisotopic (exact) mass is 247 g/mol. The number of nitrogens with one attached hydrogen (secondary N) is 3. The van der Waals surface area contributed by atoms with Gasteiger partial charge in [-0.05, 0) is 51.1 Å². The lowest BCUT2D eigenvalue weighted by atomic mass is 10.0. The van der Waals surface area contributed by atoms with E-state index in [2.05, 4.69) is 35.9 Å². The lowest BCUT2D eigenvalue weighted by Gasteiger charge is -2.28. The molecule has 0 aliphatic carbocycles. The summed E-state index contributed by atoms with van der Waals surface area (Å²) in [7, 11) is 1.95. The summed E-state index contributed by atoms with van der Waals surface area (Å²) in [6, 6.07) is 6.12. The van der Waals surface area contributed by atoms with Crippen LogP contribution in [-0.4, -0.2) is 25.0 Å². The van der Waals surface area contributed by atoms with E-state index in [0.29, 0.717) is 6.42 Å². The lowest BCUT2D eigenvalue weighted by Crippen LogP contribution is -2.40. The molecule has 1 amide bonds. The maximum atomic E-state index is 11.3. The Morgan fingerprint density at radius 2 is 2.11 bits per heavy atom. The van der Waals surface area contributed by atoms with E-state index in [-0.39, 0.29) is 11.4 Å². The molecule has 1 aromatic rings. The van der Waals surface area contributed by atoms with Crippen molar-refractivity contribution in [3.05, 3.63) is 23.8 Å². The molecule has 3 N–H and O–H groups in total. The molecule has 1 aliphatic heterocycles. The van der Waals surface area contributed by atoms with Gasteiger partial charge in [-0.1, -0.05) is 0 Å². The number of fused-ring (bicyclic) bond motifs is 1. The predicted molar refractivity (Wildman–Crippen MR) is 75.0 cm³/mol. The Kier molecular flexibility index (Phi) is 3.57. The summed E-state index contributed by atoms with van der Waals surface area (Å²) < 4.78 is 0. The first-order valence-corrected chi connectivity index (χ1v) is 6.36. The molecule has 0 saturated heterocycles. The average Bonchev–Trinajstić information content (AvgIpc) is 2.28.